The second kappa shape index (κ2) is 15.2. The number of piperidine rings is 2. The summed E-state index contributed by atoms with van der Waals surface area (Å²) in [6.45, 7) is 7.71. The standard InChI is InChI=1S/C45H59N9O2/c1-49-33-22-37-38(31-6-7-31)28-54(44(37)50-26-33)35-24-45(25-35)14-18-51(19-15-45)27-30-12-16-52(17-13-30)34-10-8-32(9-11-34)42-29-53(20-21-56-42)40(43(47)48)23-39(46)36-4-2-3-5-41(36)55/h2-5,8-11,22-23,26,28,30-31,35,42,49,55H,6-7,12-21,24-25,27,29,46-48H2,1H3/b39-23-. The fraction of sp³-hybridized carbons (Fsp3) is 0.489. The van der Waals surface area contributed by atoms with Gasteiger partial charge in [-0.25, -0.2) is 4.98 Å². The fourth-order valence-electron chi connectivity index (χ4n) is 10.1. The van der Waals surface area contributed by atoms with Crippen molar-refractivity contribution in [1.82, 2.24) is 19.4 Å². The highest BCUT2D eigenvalue weighted by Gasteiger charge is 2.47. The van der Waals surface area contributed by atoms with Crippen LogP contribution in [0, 0.1) is 11.3 Å². The maximum absolute atomic E-state index is 10.3. The van der Waals surface area contributed by atoms with Crippen molar-refractivity contribution in [2.45, 2.75) is 69.4 Å². The first kappa shape index (κ1) is 36.7. The van der Waals surface area contributed by atoms with E-state index in [2.05, 4.69) is 61.1 Å². The summed E-state index contributed by atoms with van der Waals surface area (Å²) in [5.74, 6) is 1.80. The van der Waals surface area contributed by atoms with Gasteiger partial charge in [-0.05, 0) is 129 Å². The largest absolute Gasteiger partial charge is 0.507 e. The van der Waals surface area contributed by atoms with Gasteiger partial charge in [0.25, 0.3) is 0 Å². The molecule has 5 heterocycles. The van der Waals surface area contributed by atoms with E-state index in [0.29, 0.717) is 48.1 Å². The van der Waals surface area contributed by atoms with Gasteiger partial charge in [-0.3, -0.25) is 0 Å². The summed E-state index contributed by atoms with van der Waals surface area (Å²) >= 11 is 0. The molecule has 2 aromatic heterocycles. The quantitative estimate of drug-likeness (QED) is 0.114. The van der Waals surface area contributed by atoms with Crippen LogP contribution in [0.3, 0.4) is 0 Å². The van der Waals surface area contributed by atoms with Gasteiger partial charge in [-0.15, -0.1) is 0 Å². The molecule has 8 N–H and O–H groups in total. The number of para-hydroxylation sites is 1. The number of allylic oxidation sites excluding steroid dienone is 1. The molecule has 2 aromatic carbocycles. The van der Waals surface area contributed by atoms with E-state index in [0.717, 1.165) is 36.2 Å². The van der Waals surface area contributed by atoms with Crippen LogP contribution in [0.15, 0.2) is 84.6 Å². The molecule has 9 rings (SSSR count). The van der Waals surface area contributed by atoms with Gasteiger partial charge in [0.1, 0.15) is 23.3 Å². The van der Waals surface area contributed by atoms with Gasteiger partial charge >= 0.3 is 0 Å². The van der Waals surface area contributed by atoms with Gasteiger partial charge in [-0.1, -0.05) is 24.3 Å². The van der Waals surface area contributed by atoms with Crippen LogP contribution in [-0.4, -0.2) is 83.9 Å². The molecule has 1 atom stereocenters. The third kappa shape index (κ3) is 7.39. The molecule has 5 fully saturated rings. The summed E-state index contributed by atoms with van der Waals surface area (Å²) in [7, 11) is 1.98. The van der Waals surface area contributed by atoms with Crippen molar-refractivity contribution in [3.63, 3.8) is 0 Å². The van der Waals surface area contributed by atoms with Crippen molar-refractivity contribution in [1.29, 1.82) is 0 Å². The highest BCUT2D eigenvalue weighted by atomic mass is 16.5. The minimum atomic E-state index is -0.120. The first-order valence-corrected chi connectivity index (χ1v) is 20.9. The van der Waals surface area contributed by atoms with E-state index in [4.69, 9.17) is 26.9 Å². The van der Waals surface area contributed by atoms with Crippen molar-refractivity contribution in [3.05, 3.63) is 101 Å². The normalized spacial score (nSPS) is 22.4. The van der Waals surface area contributed by atoms with Crippen molar-refractivity contribution in [2.75, 3.05) is 69.7 Å². The number of fused-ring (bicyclic) bond motifs is 1. The Hall–Kier alpha value is -4.87. The molecular formula is C45H59N9O2. The summed E-state index contributed by atoms with van der Waals surface area (Å²) < 4.78 is 8.77. The molecule has 11 nitrogen and oxygen atoms in total. The number of nitrogens with zero attached hydrogens (tertiary/aromatic N) is 5. The summed E-state index contributed by atoms with van der Waals surface area (Å²) in [4.78, 5) is 12.4. The molecule has 0 bridgehead atoms. The molecule has 1 unspecified atom stereocenters. The van der Waals surface area contributed by atoms with Gasteiger partial charge in [0.05, 0.1) is 24.2 Å². The molecule has 2 aliphatic carbocycles. The number of hydrogen-bond donors (Lipinski definition) is 5. The molecule has 56 heavy (non-hydrogen) atoms. The number of rotatable bonds is 10. The van der Waals surface area contributed by atoms with E-state index in [1.807, 2.05) is 19.3 Å². The highest BCUT2D eigenvalue weighted by molar-refractivity contribution is 5.84. The van der Waals surface area contributed by atoms with Gasteiger partial charge in [0, 0.05) is 74.3 Å². The van der Waals surface area contributed by atoms with E-state index >= 15 is 0 Å². The molecule has 5 aliphatic rings. The lowest BCUT2D eigenvalue weighted by Gasteiger charge is -2.53. The zero-order valence-corrected chi connectivity index (χ0v) is 32.9. The average molecular weight is 758 g/mol. The smallest absolute Gasteiger partial charge is 0.140 e. The SMILES string of the molecule is CNc1cnc2c(c1)c(C1CC1)cn2C1CC2(CCN(CC3CCN(c4ccc(C5CN(C(/C=C(\N)c6ccccc6O)=C(N)N)CCO5)cc4)CC3)CC2)C1. The Morgan fingerprint density at radius 3 is 2.41 bits per heavy atom. The van der Waals surface area contributed by atoms with E-state index in [9.17, 15) is 5.11 Å². The number of nitrogens with one attached hydrogen (secondary N) is 1. The minimum absolute atomic E-state index is 0.115. The van der Waals surface area contributed by atoms with Crippen LogP contribution >= 0.6 is 0 Å². The van der Waals surface area contributed by atoms with Gasteiger partial charge < -0.3 is 51.6 Å². The lowest BCUT2D eigenvalue weighted by atomic mass is 9.60. The summed E-state index contributed by atoms with van der Waals surface area (Å²) in [6, 6.07) is 18.8. The van der Waals surface area contributed by atoms with Gasteiger partial charge in [0.2, 0.25) is 0 Å². The van der Waals surface area contributed by atoms with Crippen LogP contribution in [0.4, 0.5) is 11.4 Å². The van der Waals surface area contributed by atoms with E-state index in [-0.39, 0.29) is 17.7 Å². The number of nitrogens with two attached hydrogens (primary N) is 3. The Balaban J connectivity index is 0.743. The van der Waals surface area contributed by atoms with Crippen molar-refractivity contribution in [3.8, 4) is 5.75 Å². The van der Waals surface area contributed by atoms with Gasteiger partial charge in [-0.2, -0.15) is 0 Å². The van der Waals surface area contributed by atoms with Crippen LogP contribution in [0.25, 0.3) is 16.7 Å². The maximum atomic E-state index is 10.3. The number of benzene rings is 2. The third-order valence-corrected chi connectivity index (χ3v) is 13.6. The Morgan fingerprint density at radius 1 is 0.964 bits per heavy atom. The number of pyridine rings is 1. The number of likely N-dealkylation sites (tertiary alicyclic amines) is 1. The minimum Gasteiger partial charge on any atom is -0.507 e. The molecule has 0 amide bonds. The summed E-state index contributed by atoms with van der Waals surface area (Å²) in [5.41, 5.74) is 27.0. The maximum Gasteiger partial charge on any atom is 0.140 e. The van der Waals surface area contributed by atoms with Crippen molar-refractivity contribution in [2.24, 2.45) is 28.5 Å². The van der Waals surface area contributed by atoms with Gasteiger partial charge in [0.15, 0.2) is 0 Å². The Labute approximate surface area is 331 Å². The zero-order chi connectivity index (χ0) is 38.4. The predicted octanol–water partition coefficient (Wildman–Crippen LogP) is 6.45. The predicted molar refractivity (Wildman–Crippen MR) is 225 cm³/mol. The monoisotopic (exact) mass is 757 g/mol. The molecule has 3 saturated heterocycles. The molecule has 1 spiro atoms. The van der Waals surface area contributed by atoms with Crippen LogP contribution in [-0.2, 0) is 4.74 Å². The molecule has 11 heteroatoms. The lowest BCUT2D eigenvalue weighted by molar-refractivity contribution is -0.0172. The molecular weight excluding hydrogens is 699 g/mol. The number of phenols is 1. The number of phenolic OH excluding ortho intramolecular Hbond substituents is 1. The van der Waals surface area contributed by atoms with E-state index in [1.165, 1.54) is 93.3 Å². The van der Waals surface area contributed by atoms with Crippen LogP contribution < -0.4 is 27.4 Å². The van der Waals surface area contributed by atoms with Crippen LogP contribution in [0.1, 0.15) is 86.1 Å². The Bertz CT molecular complexity index is 2080. The average Bonchev–Trinajstić information content (AvgIpc) is 4.00. The van der Waals surface area contributed by atoms with Crippen molar-refractivity contribution >= 4 is 28.1 Å². The Morgan fingerprint density at radius 2 is 1.71 bits per heavy atom. The Kier molecular flexibility index (Phi) is 10.00. The summed E-state index contributed by atoms with van der Waals surface area (Å²) in [5, 5.41) is 14.9. The van der Waals surface area contributed by atoms with Crippen molar-refractivity contribution < 1.29 is 9.84 Å². The first-order valence-electron chi connectivity index (χ1n) is 20.9. The topological polar surface area (TPSA) is 147 Å². The lowest BCUT2D eigenvalue weighted by Crippen LogP contribution is -2.49. The second-order valence-corrected chi connectivity index (χ2v) is 17.3. The summed E-state index contributed by atoms with van der Waals surface area (Å²) in [6.07, 6.45) is 16.5. The molecule has 3 aliphatic heterocycles. The molecule has 296 valence electrons. The zero-order valence-electron chi connectivity index (χ0n) is 32.9. The number of aromatic nitrogens is 2. The highest BCUT2D eigenvalue weighted by Crippen LogP contribution is 2.56. The number of anilines is 2. The molecule has 4 aromatic rings. The number of morpholine rings is 1. The fourth-order valence-corrected chi connectivity index (χ4v) is 10.1. The molecule has 2 saturated carbocycles. The molecule has 0 radical (unpaired) electrons. The first-order chi connectivity index (χ1) is 27.3. The second-order valence-electron chi connectivity index (χ2n) is 17.3. The van der Waals surface area contributed by atoms with Crippen LogP contribution in [0.5, 0.6) is 5.75 Å². The number of hydrogen-bond acceptors (Lipinski definition) is 10. The van der Waals surface area contributed by atoms with Crippen LogP contribution in [0.2, 0.25) is 0 Å². The van der Waals surface area contributed by atoms with E-state index in [1.54, 1.807) is 24.3 Å². The van der Waals surface area contributed by atoms with E-state index < -0.39 is 0 Å². The number of aromatic hydroxyl groups is 1. The number of ether oxygens (including phenoxy) is 1. The third-order valence-electron chi connectivity index (χ3n) is 13.6.